The van der Waals surface area contributed by atoms with Crippen molar-refractivity contribution < 1.29 is 22.0 Å². The SMILES string of the molecule is Cc1nc(N/N=C/c2ccc(Nc3cccc(C(F)(F)F)c3)cn2)nc2cc(C3CC3)c(C(F)(F)c3cccc(Nc4ccc(/C=N/Nc5nc(C)c6cccc(-c7ccccc7)c6n5)nc4)c3)cc12. The van der Waals surface area contributed by atoms with Crippen LogP contribution >= 0.6 is 0 Å². The molecule has 17 heteroatoms. The first-order valence-corrected chi connectivity index (χ1v) is 22.2. The molecule has 0 unspecified atom stereocenters. The molecule has 1 fully saturated rings. The quantitative estimate of drug-likeness (QED) is 0.0471. The van der Waals surface area contributed by atoms with Gasteiger partial charge in [0.25, 0.3) is 5.92 Å². The van der Waals surface area contributed by atoms with Gasteiger partial charge in [-0.15, -0.1) is 0 Å². The smallest absolute Gasteiger partial charge is 0.354 e. The van der Waals surface area contributed by atoms with Gasteiger partial charge in [0.15, 0.2) is 0 Å². The van der Waals surface area contributed by atoms with E-state index in [0.29, 0.717) is 56.6 Å². The second kappa shape index (κ2) is 18.7. The Balaban J connectivity index is 0.802. The summed E-state index contributed by atoms with van der Waals surface area (Å²) in [5.74, 6) is -2.88. The molecule has 4 heterocycles. The summed E-state index contributed by atoms with van der Waals surface area (Å²) in [6.07, 6.45) is 3.16. The summed E-state index contributed by atoms with van der Waals surface area (Å²) in [5.41, 5.74) is 12.7. The average Bonchev–Trinajstić information content (AvgIpc) is 4.21. The lowest BCUT2D eigenvalue weighted by atomic mass is 9.91. The van der Waals surface area contributed by atoms with E-state index in [1.165, 1.54) is 42.7 Å². The van der Waals surface area contributed by atoms with Gasteiger partial charge in [0.05, 0.1) is 75.6 Å². The summed E-state index contributed by atoms with van der Waals surface area (Å²) in [5, 5.41) is 16.1. The zero-order chi connectivity index (χ0) is 48.4. The number of nitrogens with zero attached hydrogens (tertiary/aromatic N) is 8. The van der Waals surface area contributed by atoms with Gasteiger partial charge < -0.3 is 10.6 Å². The third-order valence-corrected chi connectivity index (χ3v) is 11.7. The molecular weight excluding hydrogens is 900 g/mol. The fourth-order valence-corrected chi connectivity index (χ4v) is 8.08. The number of aromatic nitrogens is 6. The molecule has 4 aromatic heterocycles. The highest BCUT2D eigenvalue weighted by Gasteiger charge is 2.40. The zero-order valence-corrected chi connectivity index (χ0v) is 37.5. The second-order valence-electron chi connectivity index (χ2n) is 16.7. The number of para-hydroxylation sites is 1. The second-order valence-corrected chi connectivity index (χ2v) is 16.7. The number of anilines is 6. The van der Waals surface area contributed by atoms with Crippen molar-refractivity contribution in [3.8, 4) is 11.1 Å². The van der Waals surface area contributed by atoms with Gasteiger partial charge in [-0.3, -0.25) is 9.97 Å². The first kappa shape index (κ1) is 45.1. The largest absolute Gasteiger partial charge is 0.416 e. The van der Waals surface area contributed by atoms with E-state index in [-0.39, 0.29) is 28.7 Å². The monoisotopic (exact) mass is 940 g/mol. The van der Waals surface area contributed by atoms with E-state index < -0.39 is 17.7 Å². The lowest BCUT2D eigenvalue weighted by Gasteiger charge is -2.22. The van der Waals surface area contributed by atoms with E-state index in [9.17, 15) is 13.2 Å². The summed E-state index contributed by atoms with van der Waals surface area (Å²) < 4.78 is 73.0. The van der Waals surface area contributed by atoms with Crippen molar-refractivity contribution in [3.63, 3.8) is 0 Å². The molecule has 4 N–H and O–H groups in total. The molecule has 1 saturated carbocycles. The van der Waals surface area contributed by atoms with Crippen LogP contribution in [0.25, 0.3) is 32.9 Å². The Bertz CT molecular complexity index is 3430. The summed E-state index contributed by atoms with van der Waals surface area (Å²) in [6, 6.07) is 37.2. The van der Waals surface area contributed by atoms with Crippen LogP contribution in [0.4, 0.5) is 56.6 Å². The predicted octanol–water partition coefficient (Wildman–Crippen LogP) is 13.1. The van der Waals surface area contributed by atoms with Crippen molar-refractivity contribution >= 4 is 68.9 Å². The minimum Gasteiger partial charge on any atom is -0.354 e. The van der Waals surface area contributed by atoms with Crippen LogP contribution in [0, 0.1) is 13.8 Å². The maximum atomic E-state index is 16.8. The van der Waals surface area contributed by atoms with E-state index in [1.54, 1.807) is 61.8 Å². The van der Waals surface area contributed by atoms with E-state index in [0.717, 1.165) is 52.7 Å². The fraction of sp³-hybridized carbons (Fsp3) is 0.132. The van der Waals surface area contributed by atoms with Gasteiger partial charge in [-0.05, 0) is 110 Å². The predicted molar refractivity (Wildman–Crippen MR) is 264 cm³/mol. The molecule has 0 radical (unpaired) electrons. The Morgan fingerprint density at radius 2 is 1.14 bits per heavy atom. The summed E-state index contributed by atoms with van der Waals surface area (Å²) in [6.45, 7) is 3.66. The molecule has 12 nitrogen and oxygen atoms in total. The van der Waals surface area contributed by atoms with Crippen LogP contribution in [0.1, 0.15) is 63.8 Å². The van der Waals surface area contributed by atoms with E-state index in [4.69, 9.17) is 4.98 Å². The molecule has 1 aliphatic carbocycles. The standard InChI is InChI=1S/C53H41F5N12/c1-31-43-15-8-16-44(33-9-4-3-5-10-33)49(43)68-51(63-31)70-62-30-40-19-21-41(27-59-40)65-37-13-6-11-35(23-37)52(54,55)47-25-45-32(2)64-50(67-48(45)26-46(47)34-17-18-34)69-61-29-39-20-22-42(28-60-39)66-38-14-7-12-36(24-38)53(56,57)58/h3-16,19-30,34,65-66H,17-18H2,1-2H3,(H,63,68,70)(H,64,67,69)/b61-29+,62-30+. The van der Waals surface area contributed by atoms with Gasteiger partial charge >= 0.3 is 6.18 Å². The van der Waals surface area contributed by atoms with Gasteiger partial charge in [-0.2, -0.15) is 32.2 Å². The molecule has 1 aliphatic rings. The minimum absolute atomic E-state index is 0.0339. The maximum absolute atomic E-state index is 16.8. The number of halogens is 5. The third kappa shape index (κ3) is 9.94. The number of hydrazone groups is 2. The van der Waals surface area contributed by atoms with Crippen molar-refractivity contribution in [1.82, 2.24) is 29.9 Å². The number of pyridine rings is 2. The normalized spacial score (nSPS) is 13.1. The molecular formula is C53H41F5N12. The van der Waals surface area contributed by atoms with Crippen molar-refractivity contribution in [2.24, 2.45) is 10.2 Å². The maximum Gasteiger partial charge on any atom is 0.416 e. The molecule has 0 amide bonds. The highest BCUT2D eigenvalue weighted by molar-refractivity contribution is 5.95. The third-order valence-electron chi connectivity index (χ3n) is 11.7. The Morgan fingerprint density at radius 3 is 1.74 bits per heavy atom. The zero-order valence-electron chi connectivity index (χ0n) is 37.5. The topological polar surface area (TPSA) is 150 Å². The summed E-state index contributed by atoms with van der Waals surface area (Å²) >= 11 is 0. The van der Waals surface area contributed by atoms with Gasteiger partial charge in [0, 0.05) is 38.8 Å². The average molecular weight is 941 g/mol. The number of hydrogen-bond acceptors (Lipinski definition) is 12. The summed E-state index contributed by atoms with van der Waals surface area (Å²) in [7, 11) is 0. The van der Waals surface area contributed by atoms with E-state index in [1.807, 2.05) is 55.5 Å². The van der Waals surface area contributed by atoms with Crippen molar-refractivity contribution in [3.05, 3.63) is 191 Å². The van der Waals surface area contributed by atoms with Gasteiger partial charge in [0.2, 0.25) is 11.9 Å². The molecule has 0 bridgehead atoms. The molecule has 0 aliphatic heterocycles. The molecule has 5 aromatic carbocycles. The molecule has 348 valence electrons. The van der Waals surface area contributed by atoms with Crippen LogP contribution in [0.2, 0.25) is 0 Å². The number of alkyl halides is 5. The van der Waals surface area contributed by atoms with Crippen molar-refractivity contribution in [2.45, 2.75) is 44.7 Å². The summed E-state index contributed by atoms with van der Waals surface area (Å²) in [4.78, 5) is 27.3. The molecule has 10 rings (SSSR count). The molecule has 9 aromatic rings. The Morgan fingerprint density at radius 1 is 0.557 bits per heavy atom. The van der Waals surface area contributed by atoms with Crippen LogP contribution < -0.4 is 21.5 Å². The Hall–Kier alpha value is -8.73. The lowest BCUT2D eigenvalue weighted by Crippen LogP contribution is -2.18. The highest BCUT2D eigenvalue weighted by atomic mass is 19.4. The number of fused-ring (bicyclic) bond motifs is 2. The van der Waals surface area contributed by atoms with Crippen LogP contribution in [0.5, 0.6) is 0 Å². The number of rotatable bonds is 14. The van der Waals surface area contributed by atoms with Crippen molar-refractivity contribution in [2.75, 3.05) is 21.5 Å². The van der Waals surface area contributed by atoms with Gasteiger partial charge in [-0.25, -0.2) is 30.8 Å². The number of hydrogen-bond donors (Lipinski definition) is 4. The lowest BCUT2D eigenvalue weighted by molar-refractivity contribution is -0.137. The van der Waals surface area contributed by atoms with Crippen LogP contribution in [-0.4, -0.2) is 42.3 Å². The fourth-order valence-electron chi connectivity index (χ4n) is 8.08. The molecule has 0 atom stereocenters. The van der Waals surface area contributed by atoms with Crippen LogP contribution in [0.15, 0.2) is 156 Å². The van der Waals surface area contributed by atoms with Crippen LogP contribution in [0.3, 0.4) is 0 Å². The van der Waals surface area contributed by atoms with Crippen LogP contribution in [-0.2, 0) is 12.1 Å². The highest BCUT2D eigenvalue weighted by Crippen LogP contribution is 2.49. The van der Waals surface area contributed by atoms with Crippen molar-refractivity contribution in [1.29, 1.82) is 0 Å². The minimum atomic E-state index is -4.46. The molecule has 0 saturated heterocycles. The van der Waals surface area contributed by atoms with Gasteiger partial charge in [0.1, 0.15) is 0 Å². The first-order valence-electron chi connectivity index (χ1n) is 22.2. The number of nitrogens with one attached hydrogen (secondary N) is 4. The first-order chi connectivity index (χ1) is 33.8. The molecule has 0 spiro atoms. The van der Waals surface area contributed by atoms with E-state index in [2.05, 4.69) is 56.6 Å². The number of benzene rings is 5. The Labute approximate surface area is 397 Å². The van der Waals surface area contributed by atoms with Gasteiger partial charge in [-0.1, -0.05) is 66.7 Å². The number of aryl methyl sites for hydroxylation is 2. The Kier molecular flexibility index (Phi) is 12.1. The molecule has 70 heavy (non-hydrogen) atoms. The van der Waals surface area contributed by atoms with E-state index >= 15 is 8.78 Å².